The lowest BCUT2D eigenvalue weighted by molar-refractivity contribution is -0.144. The number of nitrogens with zero attached hydrogens (tertiary/aromatic N) is 2. The molecule has 1 fully saturated rings. The smallest absolute Gasteiger partial charge is 0.320 e. The van der Waals surface area contributed by atoms with Gasteiger partial charge in [-0.2, -0.15) is 0 Å². The first-order valence-corrected chi connectivity index (χ1v) is 7.37. The van der Waals surface area contributed by atoms with Gasteiger partial charge in [-0.05, 0) is 31.2 Å². The second-order valence-electron chi connectivity index (χ2n) is 4.54. The Morgan fingerprint density at radius 2 is 1.84 bits per heavy atom. The Bertz CT molecular complexity index is 414. The van der Waals surface area contributed by atoms with E-state index in [0.717, 1.165) is 30.7 Å². The van der Waals surface area contributed by atoms with Gasteiger partial charge in [0.15, 0.2) is 0 Å². The summed E-state index contributed by atoms with van der Waals surface area (Å²) >= 11 is 3.44. The predicted octanol–water partition coefficient (Wildman–Crippen LogP) is 2.13. The van der Waals surface area contributed by atoms with Crippen molar-refractivity contribution in [2.75, 3.05) is 44.2 Å². The van der Waals surface area contributed by atoms with Gasteiger partial charge in [0.05, 0.1) is 13.2 Å². The lowest BCUT2D eigenvalue weighted by Gasteiger charge is -2.35. The third-order valence-electron chi connectivity index (χ3n) is 3.22. The van der Waals surface area contributed by atoms with Crippen LogP contribution in [0.25, 0.3) is 0 Å². The molecule has 104 valence electrons. The minimum atomic E-state index is -0.125. The highest BCUT2D eigenvalue weighted by Crippen LogP contribution is 2.19. The predicted molar refractivity (Wildman–Crippen MR) is 79.4 cm³/mol. The summed E-state index contributed by atoms with van der Waals surface area (Å²) in [5.74, 6) is -0.125. The van der Waals surface area contributed by atoms with Gasteiger partial charge in [-0.3, -0.25) is 9.69 Å². The molecule has 1 aromatic rings. The summed E-state index contributed by atoms with van der Waals surface area (Å²) in [7, 11) is 0. The van der Waals surface area contributed by atoms with Crippen molar-refractivity contribution in [1.82, 2.24) is 4.90 Å². The van der Waals surface area contributed by atoms with E-state index >= 15 is 0 Å². The van der Waals surface area contributed by atoms with Gasteiger partial charge < -0.3 is 9.64 Å². The molecule has 5 heteroatoms. The maximum atomic E-state index is 11.4. The zero-order valence-electron chi connectivity index (χ0n) is 11.1. The van der Waals surface area contributed by atoms with E-state index in [2.05, 4.69) is 50.0 Å². The maximum absolute atomic E-state index is 11.4. The zero-order valence-corrected chi connectivity index (χ0v) is 12.7. The van der Waals surface area contributed by atoms with E-state index in [0.29, 0.717) is 13.2 Å². The van der Waals surface area contributed by atoms with Crippen molar-refractivity contribution in [3.05, 3.63) is 28.7 Å². The van der Waals surface area contributed by atoms with Crippen molar-refractivity contribution in [3.8, 4) is 0 Å². The number of halogens is 1. The van der Waals surface area contributed by atoms with Crippen molar-refractivity contribution >= 4 is 27.6 Å². The maximum Gasteiger partial charge on any atom is 0.320 e. The molecule has 0 atom stereocenters. The Balaban J connectivity index is 1.82. The van der Waals surface area contributed by atoms with Gasteiger partial charge in [0.25, 0.3) is 0 Å². The molecule has 0 bridgehead atoms. The molecule has 2 rings (SSSR count). The lowest BCUT2D eigenvalue weighted by atomic mass is 10.2. The monoisotopic (exact) mass is 326 g/mol. The summed E-state index contributed by atoms with van der Waals surface area (Å²) in [5.41, 5.74) is 1.24. The van der Waals surface area contributed by atoms with E-state index in [9.17, 15) is 4.79 Å². The minimum Gasteiger partial charge on any atom is -0.465 e. The van der Waals surface area contributed by atoms with Crippen LogP contribution in [0.2, 0.25) is 0 Å². The van der Waals surface area contributed by atoms with Crippen molar-refractivity contribution in [2.24, 2.45) is 0 Å². The van der Waals surface area contributed by atoms with Gasteiger partial charge in [0.2, 0.25) is 0 Å². The SMILES string of the molecule is CCOC(=O)CN1CCN(c2ccc(Br)cc2)CC1. The standard InChI is InChI=1S/C14H19BrN2O2/c1-2-19-14(18)11-16-7-9-17(10-8-16)13-5-3-12(15)4-6-13/h3-6H,2,7-11H2,1H3. The summed E-state index contributed by atoms with van der Waals surface area (Å²) in [6.07, 6.45) is 0. The van der Waals surface area contributed by atoms with Gasteiger partial charge in [-0.1, -0.05) is 15.9 Å². The summed E-state index contributed by atoms with van der Waals surface area (Å²) in [5, 5.41) is 0. The van der Waals surface area contributed by atoms with Gasteiger partial charge in [-0.15, -0.1) is 0 Å². The average molecular weight is 327 g/mol. The fourth-order valence-corrected chi connectivity index (χ4v) is 2.47. The fourth-order valence-electron chi connectivity index (χ4n) is 2.21. The summed E-state index contributed by atoms with van der Waals surface area (Å²) in [6.45, 7) is 6.38. The molecule has 0 saturated carbocycles. The number of anilines is 1. The van der Waals surface area contributed by atoms with E-state index in [4.69, 9.17) is 4.74 Å². The Morgan fingerprint density at radius 1 is 1.21 bits per heavy atom. The quantitative estimate of drug-likeness (QED) is 0.793. The van der Waals surface area contributed by atoms with Crippen molar-refractivity contribution < 1.29 is 9.53 Å². The molecule has 1 aliphatic heterocycles. The second-order valence-corrected chi connectivity index (χ2v) is 5.46. The number of esters is 1. The number of hydrogen-bond donors (Lipinski definition) is 0. The Morgan fingerprint density at radius 3 is 2.42 bits per heavy atom. The van der Waals surface area contributed by atoms with Crippen molar-refractivity contribution in [1.29, 1.82) is 0 Å². The zero-order chi connectivity index (χ0) is 13.7. The van der Waals surface area contributed by atoms with E-state index in [1.54, 1.807) is 0 Å². The average Bonchev–Trinajstić information content (AvgIpc) is 2.41. The first-order valence-electron chi connectivity index (χ1n) is 6.57. The van der Waals surface area contributed by atoms with Crippen LogP contribution in [-0.2, 0) is 9.53 Å². The summed E-state index contributed by atoms with van der Waals surface area (Å²) in [4.78, 5) is 15.9. The first-order chi connectivity index (χ1) is 9.19. The van der Waals surface area contributed by atoms with Crippen LogP contribution in [0.5, 0.6) is 0 Å². The van der Waals surface area contributed by atoms with Crippen LogP contribution in [0.4, 0.5) is 5.69 Å². The van der Waals surface area contributed by atoms with Crippen LogP contribution in [-0.4, -0.2) is 50.2 Å². The molecule has 0 N–H and O–H groups in total. The van der Waals surface area contributed by atoms with Gasteiger partial charge in [0, 0.05) is 36.3 Å². The number of carbonyl (C=O) groups is 1. The molecular weight excluding hydrogens is 308 g/mol. The van der Waals surface area contributed by atoms with Crippen molar-refractivity contribution in [3.63, 3.8) is 0 Å². The van der Waals surface area contributed by atoms with Gasteiger partial charge in [0.1, 0.15) is 0 Å². The molecule has 0 aliphatic carbocycles. The van der Waals surface area contributed by atoms with E-state index < -0.39 is 0 Å². The van der Waals surface area contributed by atoms with E-state index in [1.807, 2.05) is 6.92 Å². The number of piperazine rings is 1. The molecule has 0 amide bonds. The third kappa shape index (κ3) is 4.21. The van der Waals surface area contributed by atoms with E-state index in [-0.39, 0.29) is 5.97 Å². The molecule has 1 aromatic carbocycles. The summed E-state index contributed by atoms with van der Waals surface area (Å²) in [6, 6.07) is 8.34. The van der Waals surface area contributed by atoms with Crippen LogP contribution in [0, 0.1) is 0 Å². The molecule has 0 aromatic heterocycles. The molecule has 0 unspecified atom stereocenters. The fraction of sp³-hybridized carbons (Fsp3) is 0.500. The molecule has 19 heavy (non-hydrogen) atoms. The summed E-state index contributed by atoms with van der Waals surface area (Å²) < 4.78 is 6.06. The number of rotatable bonds is 4. The lowest BCUT2D eigenvalue weighted by Crippen LogP contribution is -2.48. The highest BCUT2D eigenvalue weighted by molar-refractivity contribution is 9.10. The highest BCUT2D eigenvalue weighted by Gasteiger charge is 2.19. The molecule has 1 heterocycles. The van der Waals surface area contributed by atoms with Crippen LogP contribution < -0.4 is 4.90 Å². The number of benzene rings is 1. The normalized spacial score (nSPS) is 16.4. The molecule has 1 saturated heterocycles. The topological polar surface area (TPSA) is 32.8 Å². The molecule has 1 aliphatic rings. The van der Waals surface area contributed by atoms with Crippen LogP contribution in [0.1, 0.15) is 6.92 Å². The van der Waals surface area contributed by atoms with E-state index in [1.165, 1.54) is 5.69 Å². The van der Waals surface area contributed by atoms with Gasteiger partial charge >= 0.3 is 5.97 Å². The van der Waals surface area contributed by atoms with Gasteiger partial charge in [-0.25, -0.2) is 0 Å². The molecule has 0 spiro atoms. The Kier molecular flexibility index (Phi) is 5.22. The molecule has 4 nitrogen and oxygen atoms in total. The van der Waals surface area contributed by atoms with Crippen LogP contribution in [0.3, 0.4) is 0 Å². The Labute approximate surface area is 122 Å². The minimum absolute atomic E-state index is 0.125. The van der Waals surface area contributed by atoms with Crippen molar-refractivity contribution in [2.45, 2.75) is 6.92 Å². The number of ether oxygens (including phenoxy) is 1. The Hall–Kier alpha value is -1.07. The molecule has 0 radical (unpaired) electrons. The highest BCUT2D eigenvalue weighted by atomic mass is 79.9. The molecular formula is C14H19BrN2O2. The second kappa shape index (κ2) is 6.91. The number of carbonyl (C=O) groups excluding carboxylic acids is 1. The largest absolute Gasteiger partial charge is 0.465 e. The first kappa shape index (κ1) is 14.3. The van der Waals surface area contributed by atoms with Crippen LogP contribution >= 0.6 is 15.9 Å². The third-order valence-corrected chi connectivity index (χ3v) is 3.75. The number of hydrogen-bond acceptors (Lipinski definition) is 4. The van der Waals surface area contributed by atoms with Crippen LogP contribution in [0.15, 0.2) is 28.7 Å².